The number of ether oxygens (including phenoxy) is 2. The van der Waals surface area contributed by atoms with Crippen molar-refractivity contribution in [2.75, 3.05) is 6.61 Å². The average Bonchev–Trinajstić information content (AvgIpc) is 3.19. The van der Waals surface area contributed by atoms with E-state index in [9.17, 15) is 19.2 Å². The van der Waals surface area contributed by atoms with Gasteiger partial charge in [0.1, 0.15) is 4.88 Å². The van der Waals surface area contributed by atoms with Crippen molar-refractivity contribution in [1.82, 2.24) is 4.98 Å². The van der Waals surface area contributed by atoms with E-state index >= 15 is 0 Å². The molecule has 0 saturated heterocycles. The summed E-state index contributed by atoms with van der Waals surface area (Å²) in [5, 5.41) is 0. The van der Waals surface area contributed by atoms with Crippen molar-refractivity contribution in [2.45, 2.75) is 40.7 Å². The normalized spacial score (nSPS) is 11.7. The first-order chi connectivity index (χ1) is 12.7. The van der Waals surface area contributed by atoms with Crippen molar-refractivity contribution in [3.63, 3.8) is 0 Å². The van der Waals surface area contributed by atoms with Crippen LogP contribution in [0.3, 0.4) is 0 Å². The molecule has 0 aromatic carbocycles. The second kappa shape index (κ2) is 8.30. The van der Waals surface area contributed by atoms with Crippen LogP contribution in [0.2, 0.25) is 0 Å². The van der Waals surface area contributed by atoms with Gasteiger partial charge in [-0.05, 0) is 52.3 Å². The van der Waals surface area contributed by atoms with E-state index in [-0.39, 0.29) is 23.0 Å². The van der Waals surface area contributed by atoms with Crippen LogP contribution in [-0.4, -0.2) is 41.2 Å². The molecule has 0 fully saturated rings. The van der Waals surface area contributed by atoms with Gasteiger partial charge in [0.25, 0.3) is 0 Å². The summed E-state index contributed by atoms with van der Waals surface area (Å²) in [6.07, 6.45) is -1.06. The lowest BCUT2D eigenvalue weighted by Gasteiger charge is -2.11. The molecule has 2 rings (SSSR count). The van der Waals surface area contributed by atoms with Crippen LogP contribution in [0, 0.1) is 13.8 Å². The molecule has 0 spiro atoms. The molecule has 0 aliphatic heterocycles. The summed E-state index contributed by atoms with van der Waals surface area (Å²) >= 11 is 1.01. The lowest BCUT2D eigenvalue weighted by Crippen LogP contribution is -2.25. The van der Waals surface area contributed by atoms with Gasteiger partial charge in [-0.3, -0.25) is 9.59 Å². The van der Waals surface area contributed by atoms with Crippen molar-refractivity contribution < 1.29 is 28.7 Å². The van der Waals surface area contributed by atoms with E-state index in [0.717, 1.165) is 11.3 Å². The van der Waals surface area contributed by atoms with Crippen molar-refractivity contribution in [3.05, 3.63) is 44.4 Å². The fraction of sp³-hybridized carbons (Fsp3) is 0.368. The molecule has 0 bridgehead atoms. The predicted octanol–water partition coefficient (Wildman–Crippen LogP) is 3.50. The highest BCUT2D eigenvalue weighted by Crippen LogP contribution is 2.22. The minimum atomic E-state index is -1.06. The van der Waals surface area contributed by atoms with Crippen LogP contribution < -0.4 is 0 Å². The highest BCUT2D eigenvalue weighted by atomic mass is 32.1. The van der Waals surface area contributed by atoms with Crippen molar-refractivity contribution in [1.29, 1.82) is 0 Å². The van der Waals surface area contributed by atoms with Crippen LogP contribution in [0.15, 0.2) is 12.1 Å². The Balaban J connectivity index is 2.17. The molecule has 2 heterocycles. The number of ketones is 2. The van der Waals surface area contributed by atoms with Gasteiger partial charge in [-0.15, -0.1) is 11.3 Å². The maximum Gasteiger partial charge on any atom is 0.349 e. The average molecular weight is 391 g/mol. The first-order valence-corrected chi connectivity index (χ1v) is 9.21. The lowest BCUT2D eigenvalue weighted by atomic mass is 10.1. The van der Waals surface area contributed by atoms with Crippen LogP contribution >= 0.6 is 11.3 Å². The number of Topliss-reactive ketones (excluding diaryl/α,β-unsaturated/α-hetero) is 2. The maximum atomic E-state index is 12.7. The molecule has 0 radical (unpaired) electrons. The molecule has 0 saturated carbocycles. The van der Waals surface area contributed by atoms with Gasteiger partial charge in [0.05, 0.1) is 22.7 Å². The highest BCUT2D eigenvalue weighted by Gasteiger charge is 2.28. The standard InChI is InChI=1S/C19H21NO6S/c1-6-25-19(24)15-9(2)16(20-10(15)3)17(22)12(5)26-18(23)14-8-7-13(27-14)11(4)21/h7-8,12,20H,6H2,1-5H3/t12-/m1/s1. The third-order valence-corrected chi connectivity index (χ3v) is 5.14. The Hall–Kier alpha value is -2.74. The van der Waals surface area contributed by atoms with E-state index < -0.39 is 23.8 Å². The third kappa shape index (κ3) is 4.33. The van der Waals surface area contributed by atoms with E-state index in [4.69, 9.17) is 9.47 Å². The molecule has 1 N–H and O–H groups in total. The Kier molecular flexibility index (Phi) is 6.32. The molecule has 0 aliphatic rings. The second-order valence-corrected chi connectivity index (χ2v) is 7.06. The predicted molar refractivity (Wildman–Crippen MR) is 99.8 cm³/mol. The van der Waals surface area contributed by atoms with Crippen molar-refractivity contribution in [2.24, 2.45) is 0 Å². The van der Waals surface area contributed by atoms with Gasteiger partial charge < -0.3 is 14.5 Å². The van der Waals surface area contributed by atoms with E-state index in [1.807, 2.05) is 0 Å². The van der Waals surface area contributed by atoms with Gasteiger partial charge in [0.2, 0.25) is 5.78 Å². The van der Waals surface area contributed by atoms with Gasteiger partial charge in [0, 0.05) is 5.69 Å². The Morgan fingerprint density at radius 3 is 2.30 bits per heavy atom. The number of nitrogens with one attached hydrogen (secondary N) is 1. The van der Waals surface area contributed by atoms with Gasteiger partial charge in [-0.2, -0.15) is 0 Å². The lowest BCUT2D eigenvalue weighted by molar-refractivity contribution is 0.0321. The largest absolute Gasteiger partial charge is 0.462 e. The number of hydrogen-bond acceptors (Lipinski definition) is 7. The van der Waals surface area contributed by atoms with E-state index in [2.05, 4.69) is 4.98 Å². The van der Waals surface area contributed by atoms with Gasteiger partial charge >= 0.3 is 11.9 Å². The molecule has 0 unspecified atom stereocenters. The number of H-pyrrole nitrogens is 1. The number of rotatable bonds is 7. The molecule has 8 heteroatoms. The molecule has 2 aromatic rings. The monoisotopic (exact) mass is 391 g/mol. The Labute approximate surface area is 160 Å². The number of aryl methyl sites for hydroxylation is 1. The molecule has 1 atom stereocenters. The number of thiophene rings is 1. The Bertz CT molecular complexity index is 907. The van der Waals surface area contributed by atoms with Crippen LogP contribution in [0.4, 0.5) is 0 Å². The smallest absolute Gasteiger partial charge is 0.349 e. The summed E-state index contributed by atoms with van der Waals surface area (Å²) in [6, 6.07) is 3.03. The fourth-order valence-corrected chi connectivity index (χ4v) is 3.40. The third-order valence-electron chi connectivity index (χ3n) is 3.97. The van der Waals surface area contributed by atoms with E-state index in [0.29, 0.717) is 21.7 Å². The Morgan fingerprint density at radius 2 is 1.74 bits per heavy atom. The zero-order valence-corrected chi connectivity index (χ0v) is 16.6. The number of carbonyl (C=O) groups excluding carboxylic acids is 4. The molecular weight excluding hydrogens is 370 g/mol. The number of hydrogen-bond donors (Lipinski definition) is 1. The van der Waals surface area contributed by atoms with Gasteiger partial charge in [0.15, 0.2) is 11.9 Å². The molecular formula is C19H21NO6S. The summed E-state index contributed by atoms with van der Waals surface area (Å²) in [5.41, 5.74) is 1.47. The van der Waals surface area contributed by atoms with Crippen molar-refractivity contribution in [3.8, 4) is 0 Å². The van der Waals surface area contributed by atoms with Gasteiger partial charge in [-0.25, -0.2) is 9.59 Å². The summed E-state index contributed by atoms with van der Waals surface area (Å²) in [7, 11) is 0. The molecule has 7 nitrogen and oxygen atoms in total. The molecule has 0 amide bonds. The molecule has 0 aliphatic carbocycles. The molecule has 2 aromatic heterocycles. The summed E-state index contributed by atoms with van der Waals surface area (Å²) in [5.74, 6) is -1.79. The van der Waals surface area contributed by atoms with E-state index in [1.165, 1.54) is 19.9 Å². The number of carbonyl (C=O) groups is 4. The minimum absolute atomic E-state index is 0.146. The first-order valence-electron chi connectivity index (χ1n) is 8.39. The van der Waals surface area contributed by atoms with Crippen LogP contribution in [0.25, 0.3) is 0 Å². The Morgan fingerprint density at radius 1 is 1.11 bits per heavy atom. The number of aromatic amines is 1. The second-order valence-electron chi connectivity index (χ2n) is 5.98. The quantitative estimate of drug-likeness (QED) is 0.572. The minimum Gasteiger partial charge on any atom is -0.462 e. The zero-order chi connectivity index (χ0) is 20.3. The topological polar surface area (TPSA) is 103 Å². The zero-order valence-electron chi connectivity index (χ0n) is 15.8. The number of aromatic nitrogens is 1. The van der Waals surface area contributed by atoms with E-state index in [1.54, 1.807) is 26.8 Å². The van der Waals surface area contributed by atoms with Crippen LogP contribution in [0.5, 0.6) is 0 Å². The van der Waals surface area contributed by atoms with Crippen LogP contribution in [0.1, 0.15) is 72.2 Å². The maximum absolute atomic E-state index is 12.7. The summed E-state index contributed by atoms with van der Waals surface area (Å²) in [4.78, 5) is 51.8. The summed E-state index contributed by atoms with van der Waals surface area (Å²) in [6.45, 7) is 8.09. The van der Waals surface area contributed by atoms with Crippen molar-refractivity contribution >= 4 is 34.8 Å². The summed E-state index contributed by atoms with van der Waals surface area (Å²) < 4.78 is 10.2. The van der Waals surface area contributed by atoms with Crippen LogP contribution in [-0.2, 0) is 9.47 Å². The molecule has 27 heavy (non-hydrogen) atoms. The number of esters is 2. The highest BCUT2D eigenvalue weighted by molar-refractivity contribution is 7.15. The van der Waals surface area contributed by atoms with Gasteiger partial charge in [-0.1, -0.05) is 0 Å². The SMILES string of the molecule is CCOC(=O)c1c(C)[nH]c(C(=O)[C@@H](C)OC(=O)c2ccc(C(C)=O)s2)c1C. The first kappa shape index (κ1) is 20.6. The molecule has 144 valence electrons. The fourth-order valence-electron chi connectivity index (χ4n) is 2.62.